The summed E-state index contributed by atoms with van der Waals surface area (Å²) in [5, 5.41) is 14.8. The minimum absolute atomic E-state index is 0.0677. The smallest absolute Gasteiger partial charge is 0.321 e. The molecule has 0 aliphatic heterocycles. The van der Waals surface area contributed by atoms with Crippen LogP contribution >= 0.6 is 0 Å². The maximum atomic E-state index is 13.5. The van der Waals surface area contributed by atoms with Crippen LogP contribution in [0.2, 0.25) is 0 Å². The Labute approximate surface area is 258 Å². The fourth-order valence-corrected chi connectivity index (χ4v) is 5.19. The van der Waals surface area contributed by atoms with Gasteiger partial charge in [0.05, 0.1) is 6.04 Å². The summed E-state index contributed by atoms with van der Waals surface area (Å²) in [6.07, 6.45) is 2.34. The van der Waals surface area contributed by atoms with Crippen molar-refractivity contribution in [3.63, 3.8) is 0 Å². The number of carbonyl (C=O) groups is 2. The average molecular weight is 587 g/mol. The predicted octanol–water partition coefficient (Wildman–Crippen LogP) is 8.24. The Kier molecular flexibility index (Phi) is 9.21. The van der Waals surface area contributed by atoms with E-state index in [1.807, 2.05) is 91.9 Å². The van der Waals surface area contributed by atoms with Crippen molar-refractivity contribution < 1.29 is 19.4 Å². The van der Waals surface area contributed by atoms with Crippen LogP contribution in [-0.2, 0) is 16.6 Å². The Balaban J connectivity index is 1.26. The van der Waals surface area contributed by atoms with E-state index in [-0.39, 0.29) is 17.6 Å². The molecule has 1 unspecified atom stereocenters. The lowest BCUT2D eigenvalue weighted by molar-refractivity contribution is -0.139. The van der Waals surface area contributed by atoms with E-state index in [4.69, 9.17) is 4.74 Å². The number of aromatic nitrogens is 1. The van der Waals surface area contributed by atoms with Crippen molar-refractivity contribution in [2.24, 2.45) is 0 Å². The van der Waals surface area contributed by atoms with Crippen molar-refractivity contribution in [2.45, 2.75) is 58.0 Å². The van der Waals surface area contributed by atoms with Gasteiger partial charge in [-0.15, -0.1) is 0 Å². The number of carboxylic acids is 1. The topological polar surface area (TPSA) is 88.5 Å². The largest absolute Gasteiger partial charge is 0.480 e. The lowest BCUT2D eigenvalue weighted by Crippen LogP contribution is -2.48. The summed E-state index contributed by atoms with van der Waals surface area (Å²) in [5.41, 5.74) is 4.63. The van der Waals surface area contributed by atoms with E-state index >= 15 is 0 Å². The van der Waals surface area contributed by atoms with Crippen LogP contribution in [0.4, 0.5) is 0 Å². The number of pyridine rings is 1. The molecule has 0 radical (unpaired) electrons. The number of benzene rings is 4. The van der Waals surface area contributed by atoms with Gasteiger partial charge in [0, 0.05) is 11.6 Å². The third-order valence-electron chi connectivity index (χ3n) is 7.83. The molecule has 5 rings (SSSR count). The molecule has 2 atom stereocenters. The van der Waals surface area contributed by atoms with E-state index in [0.29, 0.717) is 17.9 Å². The number of nitrogens with zero attached hydrogens (tertiary/aromatic N) is 1. The van der Waals surface area contributed by atoms with Gasteiger partial charge in [-0.2, -0.15) is 0 Å². The van der Waals surface area contributed by atoms with Gasteiger partial charge in [-0.1, -0.05) is 100 Å². The minimum Gasteiger partial charge on any atom is -0.480 e. The second-order valence-corrected chi connectivity index (χ2v) is 12.1. The molecule has 224 valence electrons. The molecule has 1 aromatic heterocycles. The summed E-state index contributed by atoms with van der Waals surface area (Å²) in [6, 6.07) is 31.7. The first-order valence-electron chi connectivity index (χ1n) is 15.0. The molecule has 6 nitrogen and oxygen atoms in total. The summed E-state index contributed by atoms with van der Waals surface area (Å²) in [6.45, 7) is 8.39. The van der Waals surface area contributed by atoms with Gasteiger partial charge in [-0.3, -0.25) is 19.9 Å². The number of aliphatic carboxylic acids is 1. The Hall–Kier alpha value is -4.81. The van der Waals surface area contributed by atoms with Crippen molar-refractivity contribution in [3.8, 4) is 22.6 Å². The number of hydrogen-bond donors (Lipinski definition) is 2. The zero-order valence-electron chi connectivity index (χ0n) is 25.6. The number of hydrogen-bond acceptors (Lipinski definition) is 5. The SMILES string of the molecule is CCC(N[C@@H](Cc1ccc(-c2ccccc2)cc1)C(=O)O)C(=O)c1cc2ccc(Oc3ccc(C(C)(C)C)cc3)cc2cn1. The van der Waals surface area contributed by atoms with Gasteiger partial charge >= 0.3 is 5.97 Å². The molecular weight excluding hydrogens is 548 g/mol. The molecular formula is C38H38N2O4. The highest BCUT2D eigenvalue weighted by molar-refractivity contribution is 6.01. The number of carboxylic acid groups (broad SMARTS) is 1. The van der Waals surface area contributed by atoms with E-state index < -0.39 is 18.1 Å². The molecule has 4 aromatic carbocycles. The third-order valence-corrected chi connectivity index (χ3v) is 7.83. The van der Waals surface area contributed by atoms with Gasteiger partial charge in [-0.05, 0) is 76.2 Å². The van der Waals surface area contributed by atoms with E-state index in [9.17, 15) is 14.7 Å². The van der Waals surface area contributed by atoms with Crippen LogP contribution in [0.3, 0.4) is 0 Å². The molecule has 0 spiro atoms. The molecule has 0 saturated heterocycles. The summed E-state index contributed by atoms with van der Waals surface area (Å²) in [5.74, 6) is 0.181. The summed E-state index contributed by atoms with van der Waals surface area (Å²) in [4.78, 5) is 30.1. The summed E-state index contributed by atoms with van der Waals surface area (Å²) in [7, 11) is 0. The first-order chi connectivity index (χ1) is 21.1. The van der Waals surface area contributed by atoms with E-state index in [0.717, 1.165) is 33.2 Å². The first kappa shape index (κ1) is 30.6. The van der Waals surface area contributed by atoms with Gasteiger partial charge in [0.15, 0.2) is 5.78 Å². The van der Waals surface area contributed by atoms with Gasteiger partial charge in [0.2, 0.25) is 0 Å². The normalized spacial score (nSPS) is 12.9. The van der Waals surface area contributed by atoms with Crippen LogP contribution in [0.1, 0.15) is 55.7 Å². The monoisotopic (exact) mass is 586 g/mol. The highest BCUT2D eigenvalue weighted by Crippen LogP contribution is 2.29. The number of rotatable bonds is 11. The van der Waals surface area contributed by atoms with Crippen LogP contribution in [0.15, 0.2) is 109 Å². The fraction of sp³-hybridized carbons (Fsp3) is 0.237. The number of ether oxygens (including phenoxy) is 1. The third kappa shape index (κ3) is 7.39. The Bertz CT molecular complexity index is 1740. The number of carbonyl (C=O) groups excluding carboxylic acids is 1. The molecule has 6 heteroatoms. The molecule has 5 aromatic rings. The van der Waals surface area contributed by atoms with E-state index in [1.165, 1.54) is 5.56 Å². The molecule has 1 heterocycles. The van der Waals surface area contributed by atoms with Gasteiger partial charge in [-0.25, -0.2) is 0 Å². The molecule has 0 saturated carbocycles. The highest BCUT2D eigenvalue weighted by Gasteiger charge is 2.27. The lowest BCUT2D eigenvalue weighted by Gasteiger charge is -2.21. The summed E-state index contributed by atoms with van der Waals surface area (Å²) >= 11 is 0. The molecule has 0 aliphatic rings. The molecule has 0 fully saturated rings. The van der Waals surface area contributed by atoms with Crippen molar-refractivity contribution in [1.82, 2.24) is 10.3 Å². The molecule has 44 heavy (non-hydrogen) atoms. The van der Waals surface area contributed by atoms with Gasteiger partial charge < -0.3 is 9.84 Å². The maximum Gasteiger partial charge on any atom is 0.321 e. The zero-order chi connectivity index (χ0) is 31.3. The van der Waals surface area contributed by atoms with E-state index in [1.54, 1.807) is 12.3 Å². The van der Waals surface area contributed by atoms with E-state index in [2.05, 4.69) is 43.2 Å². The van der Waals surface area contributed by atoms with Crippen LogP contribution in [0.5, 0.6) is 11.5 Å². The Morgan fingerprint density at radius 3 is 2.09 bits per heavy atom. The number of nitrogens with one attached hydrogen (secondary N) is 1. The van der Waals surface area contributed by atoms with Crippen LogP contribution in [0.25, 0.3) is 21.9 Å². The van der Waals surface area contributed by atoms with Crippen molar-refractivity contribution in [2.75, 3.05) is 0 Å². The van der Waals surface area contributed by atoms with Crippen molar-refractivity contribution in [1.29, 1.82) is 0 Å². The first-order valence-corrected chi connectivity index (χ1v) is 15.0. The predicted molar refractivity (Wildman–Crippen MR) is 176 cm³/mol. The highest BCUT2D eigenvalue weighted by atomic mass is 16.5. The fourth-order valence-electron chi connectivity index (χ4n) is 5.19. The lowest BCUT2D eigenvalue weighted by atomic mass is 9.87. The molecule has 0 amide bonds. The Morgan fingerprint density at radius 1 is 0.795 bits per heavy atom. The quantitative estimate of drug-likeness (QED) is 0.152. The van der Waals surface area contributed by atoms with Gasteiger partial charge in [0.25, 0.3) is 0 Å². The number of fused-ring (bicyclic) bond motifs is 1. The number of ketones is 1. The van der Waals surface area contributed by atoms with Crippen LogP contribution < -0.4 is 10.1 Å². The standard InChI is InChI=1S/C38H38N2O4/c1-5-33(40-35(37(42)43)21-25-11-13-27(14-12-25)26-9-7-6-8-10-26)36(41)34-23-28-15-18-32(22-29(28)24-39-34)44-31-19-16-30(17-20-31)38(2,3)4/h6-20,22-24,33,35,40H,5,21H2,1-4H3,(H,42,43)/t33?,35-/m0/s1. The summed E-state index contributed by atoms with van der Waals surface area (Å²) < 4.78 is 6.07. The van der Waals surface area contributed by atoms with Gasteiger partial charge in [0.1, 0.15) is 23.2 Å². The Morgan fingerprint density at radius 2 is 1.45 bits per heavy atom. The second-order valence-electron chi connectivity index (χ2n) is 12.1. The van der Waals surface area contributed by atoms with Crippen molar-refractivity contribution >= 4 is 22.5 Å². The van der Waals surface area contributed by atoms with Crippen LogP contribution in [-0.4, -0.2) is 33.9 Å². The molecule has 0 bridgehead atoms. The average Bonchev–Trinajstić information content (AvgIpc) is 3.03. The molecule has 2 N–H and O–H groups in total. The second kappa shape index (κ2) is 13.2. The van der Waals surface area contributed by atoms with Crippen LogP contribution in [0, 0.1) is 0 Å². The minimum atomic E-state index is -1.00. The number of Topliss-reactive ketones (excluding diaryl/α,β-unsaturated/α-hetero) is 1. The zero-order valence-corrected chi connectivity index (χ0v) is 25.6. The maximum absolute atomic E-state index is 13.5. The van der Waals surface area contributed by atoms with Crippen molar-refractivity contribution in [3.05, 3.63) is 126 Å². The molecule has 0 aliphatic carbocycles.